The Morgan fingerprint density at radius 3 is 2.10 bits per heavy atom. The summed E-state index contributed by atoms with van der Waals surface area (Å²) < 4.78 is 5.05. The van der Waals surface area contributed by atoms with Crippen molar-refractivity contribution in [3.8, 4) is 0 Å². The molecular formula is C13H21NO6. The Balaban J connectivity index is 3.05. The van der Waals surface area contributed by atoms with Gasteiger partial charge in [-0.3, -0.25) is 4.79 Å². The van der Waals surface area contributed by atoms with E-state index < -0.39 is 41.1 Å². The predicted octanol–water partition coefficient (Wildman–Crippen LogP) is 0.994. The monoisotopic (exact) mass is 287 g/mol. The number of carbonyl (C=O) groups excluding carboxylic acids is 2. The minimum atomic E-state index is -1.40. The quantitative estimate of drug-likeness (QED) is 0.785. The lowest BCUT2D eigenvalue weighted by molar-refractivity contribution is -0.146. The van der Waals surface area contributed by atoms with Crippen molar-refractivity contribution >= 4 is 18.0 Å². The number of ether oxygens (including phenoxy) is 1. The standard InChI is InChI=1S/C13H21NO6/c1-12(2,3)20-11(18)14-8(10(16)17)6-7(9(14)15)13(4,5)19/h7-8,19H,6H2,1-5H3,(H,16,17)/t7?,8-/m0/s1. The lowest BCUT2D eigenvalue weighted by Gasteiger charge is -2.26. The van der Waals surface area contributed by atoms with Crippen LogP contribution < -0.4 is 0 Å². The molecule has 1 fully saturated rings. The molecule has 1 unspecified atom stereocenters. The molecule has 20 heavy (non-hydrogen) atoms. The third kappa shape index (κ3) is 3.47. The second-order valence-electron chi connectivity index (χ2n) is 6.48. The molecule has 114 valence electrons. The minimum absolute atomic E-state index is 0.128. The average molecular weight is 287 g/mol. The molecule has 1 rings (SSSR count). The number of aliphatic hydroxyl groups is 1. The lowest BCUT2D eigenvalue weighted by atomic mass is 9.88. The van der Waals surface area contributed by atoms with Crippen molar-refractivity contribution in [3.63, 3.8) is 0 Å². The maximum absolute atomic E-state index is 12.2. The second-order valence-corrected chi connectivity index (χ2v) is 6.48. The fraction of sp³-hybridized carbons (Fsp3) is 0.769. The number of likely N-dealkylation sites (tertiary alicyclic amines) is 1. The lowest BCUT2D eigenvalue weighted by Crippen LogP contribution is -2.46. The van der Waals surface area contributed by atoms with E-state index in [2.05, 4.69) is 0 Å². The van der Waals surface area contributed by atoms with Crippen LogP contribution in [-0.2, 0) is 14.3 Å². The number of amides is 2. The summed E-state index contributed by atoms with van der Waals surface area (Å²) in [4.78, 5) is 36.0. The molecule has 0 aliphatic carbocycles. The van der Waals surface area contributed by atoms with Crippen LogP contribution in [0.5, 0.6) is 0 Å². The number of hydrogen-bond donors (Lipinski definition) is 2. The molecule has 0 spiro atoms. The van der Waals surface area contributed by atoms with Gasteiger partial charge in [0.05, 0.1) is 11.5 Å². The van der Waals surface area contributed by atoms with E-state index in [1.165, 1.54) is 13.8 Å². The highest BCUT2D eigenvalue weighted by Crippen LogP contribution is 2.33. The van der Waals surface area contributed by atoms with Gasteiger partial charge in [-0.25, -0.2) is 14.5 Å². The van der Waals surface area contributed by atoms with E-state index in [1.807, 2.05) is 0 Å². The van der Waals surface area contributed by atoms with E-state index in [1.54, 1.807) is 20.8 Å². The SMILES string of the molecule is CC(C)(C)OC(=O)N1C(=O)C(C(C)(C)O)C[C@H]1C(=O)O. The summed E-state index contributed by atoms with van der Waals surface area (Å²) in [7, 11) is 0. The number of carboxylic acid groups (broad SMARTS) is 1. The molecule has 7 heteroatoms. The number of nitrogens with zero attached hydrogens (tertiary/aromatic N) is 1. The first-order valence-corrected chi connectivity index (χ1v) is 6.36. The molecule has 1 aliphatic heterocycles. The summed E-state index contributed by atoms with van der Waals surface area (Å²) in [5, 5.41) is 19.1. The van der Waals surface area contributed by atoms with Crippen LogP contribution in [0.2, 0.25) is 0 Å². The Morgan fingerprint density at radius 2 is 1.75 bits per heavy atom. The molecule has 1 aliphatic rings. The van der Waals surface area contributed by atoms with Crippen LogP contribution in [0.1, 0.15) is 41.0 Å². The maximum Gasteiger partial charge on any atom is 0.417 e. The van der Waals surface area contributed by atoms with Crippen molar-refractivity contribution in [2.75, 3.05) is 0 Å². The molecule has 7 nitrogen and oxygen atoms in total. The van der Waals surface area contributed by atoms with E-state index in [9.17, 15) is 19.5 Å². The molecule has 2 N–H and O–H groups in total. The zero-order chi connectivity index (χ0) is 15.9. The topological polar surface area (TPSA) is 104 Å². The van der Waals surface area contributed by atoms with E-state index in [0.29, 0.717) is 4.90 Å². The zero-order valence-electron chi connectivity index (χ0n) is 12.3. The summed E-state index contributed by atoms with van der Waals surface area (Å²) in [5.41, 5.74) is -2.24. The Morgan fingerprint density at radius 1 is 1.25 bits per heavy atom. The van der Waals surface area contributed by atoms with Crippen molar-refractivity contribution in [2.45, 2.75) is 58.3 Å². The van der Waals surface area contributed by atoms with Crippen molar-refractivity contribution < 1.29 is 29.3 Å². The van der Waals surface area contributed by atoms with Gasteiger partial charge < -0.3 is 14.9 Å². The van der Waals surface area contributed by atoms with Gasteiger partial charge in [0.15, 0.2) is 0 Å². The normalized spacial score (nSPS) is 23.9. The Bertz CT molecular complexity index is 431. The van der Waals surface area contributed by atoms with Gasteiger partial charge in [-0.15, -0.1) is 0 Å². The van der Waals surface area contributed by atoms with Crippen molar-refractivity contribution in [1.29, 1.82) is 0 Å². The molecular weight excluding hydrogens is 266 g/mol. The Labute approximate surface area is 117 Å². The maximum atomic E-state index is 12.2. The molecule has 0 aromatic heterocycles. The van der Waals surface area contributed by atoms with Gasteiger partial charge in [-0.2, -0.15) is 0 Å². The van der Waals surface area contributed by atoms with E-state index >= 15 is 0 Å². The number of carboxylic acids is 1. The molecule has 0 radical (unpaired) electrons. The molecule has 0 bridgehead atoms. The second kappa shape index (κ2) is 5.05. The minimum Gasteiger partial charge on any atom is -0.480 e. The summed E-state index contributed by atoms with van der Waals surface area (Å²) in [6.07, 6.45) is -1.13. The zero-order valence-corrected chi connectivity index (χ0v) is 12.3. The summed E-state index contributed by atoms with van der Waals surface area (Å²) >= 11 is 0. The average Bonchev–Trinajstić information content (AvgIpc) is 2.52. The van der Waals surface area contributed by atoms with Crippen LogP contribution in [0.15, 0.2) is 0 Å². The highest BCUT2D eigenvalue weighted by Gasteiger charge is 2.52. The number of hydrogen-bond acceptors (Lipinski definition) is 5. The molecule has 1 saturated heterocycles. The fourth-order valence-corrected chi connectivity index (χ4v) is 2.08. The van der Waals surface area contributed by atoms with Crippen LogP contribution >= 0.6 is 0 Å². The Hall–Kier alpha value is -1.63. The molecule has 2 amide bonds. The molecule has 0 aromatic rings. The van der Waals surface area contributed by atoms with E-state index in [0.717, 1.165) is 0 Å². The Kier molecular flexibility index (Phi) is 4.14. The fourth-order valence-electron chi connectivity index (χ4n) is 2.08. The highest BCUT2D eigenvalue weighted by molar-refractivity contribution is 6.00. The third-order valence-corrected chi connectivity index (χ3v) is 3.03. The molecule has 0 saturated carbocycles. The molecule has 2 atom stereocenters. The van der Waals surface area contributed by atoms with Gasteiger partial charge in [-0.1, -0.05) is 0 Å². The van der Waals surface area contributed by atoms with Crippen molar-refractivity contribution in [1.82, 2.24) is 4.90 Å². The van der Waals surface area contributed by atoms with Crippen molar-refractivity contribution in [3.05, 3.63) is 0 Å². The molecule has 0 aromatic carbocycles. The van der Waals surface area contributed by atoms with E-state index in [-0.39, 0.29) is 6.42 Å². The van der Waals surface area contributed by atoms with Gasteiger partial charge in [0.1, 0.15) is 11.6 Å². The van der Waals surface area contributed by atoms with Crippen LogP contribution in [0.25, 0.3) is 0 Å². The number of aliphatic carboxylic acids is 1. The van der Waals surface area contributed by atoms with E-state index in [4.69, 9.17) is 9.84 Å². The first kappa shape index (κ1) is 16.4. The van der Waals surface area contributed by atoms with Crippen LogP contribution in [0.3, 0.4) is 0 Å². The largest absolute Gasteiger partial charge is 0.480 e. The first-order chi connectivity index (χ1) is 8.84. The van der Waals surface area contributed by atoms with Crippen molar-refractivity contribution in [2.24, 2.45) is 5.92 Å². The van der Waals surface area contributed by atoms with Gasteiger partial charge in [0.25, 0.3) is 0 Å². The summed E-state index contributed by atoms with van der Waals surface area (Å²) in [6.45, 7) is 7.68. The molecule has 1 heterocycles. The van der Waals surface area contributed by atoms with Crippen LogP contribution in [-0.4, -0.2) is 50.3 Å². The smallest absolute Gasteiger partial charge is 0.417 e. The highest BCUT2D eigenvalue weighted by atomic mass is 16.6. The first-order valence-electron chi connectivity index (χ1n) is 6.36. The summed E-state index contributed by atoms with van der Waals surface area (Å²) in [5.74, 6) is -2.97. The van der Waals surface area contributed by atoms with Gasteiger partial charge >= 0.3 is 12.1 Å². The number of rotatable bonds is 2. The third-order valence-electron chi connectivity index (χ3n) is 3.03. The summed E-state index contributed by atoms with van der Waals surface area (Å²) in [6, 6.07) is -1.31. The predicted molar refractivity (Wildman–Crippen MR) is 68.9 cm³/mol. The number of imide groups is 1. The van der Waals surface area contributed by atoms with Gasteiger partial charge in [-0.05, 0) is 41.0 Å². The number of carbonyl (C=O) groups is 3. The van der Waals surface area contributed by atoms with Gasteiger partial charge in [0.2, 0.25) is 5.91 Å². The van der Waals surface area contributed by atoms with Crippen LogP contribution in [0, 0.1) is 5.92 Å². The van der Waals surface area contributed by atoms with Crippen LogP contribution in [0.4, 0.5) is 4.79 Å². The van der Waals surface area contributed by atoms with Gasteiger partial charge in [0, 0.05) is 0 Å².